The quantitative estimate of drug-likeness (QED) is 0.670. The zero-order chi connectivity index (χ0) is 20.3. The van der Waals surface area contributed by atoms with E-state index in [1.165, 1.54) is 4.88 Å². The second kappa shape index (κ2) is 9.23. The van der Waals surface area contributed by atoms with Gasteiger partial charge in [0.05, 0.1) is 28.5 Å². The van der Waals surface area contributed by atoms with Crippen molar-refractivity contribution in [2.45, 2.75) is 45.9 Å². The van der Waals surface area contributed by atoms with Crippen LogP contribution in [0.15, 0.2) is 15.9 Å². The van der Waals surface area contributed by atoms with Gasteiger partial charge in [0.15, 0.2) is 0 Å². The van der Waals surface area contributed by atoms with Crippen LogP contribution in [0.4, 0.5) is 5.82 Å². The summed E-state index contributed by atoms with van der Waals surface area (Å²) in [6.45, 7) is 6.30. The van der Waals surface area contributed by atoms with E-state index in [-0.39, 0.29) is 18.6 Å². The molecule has 28 heavy (non-hydrogen) atoms. The summed E-state index contributed by atoms with van der Waals surface area (Å²) >= 11 is 5.12. The number of hydrogen-bond acceptors (Lipinski definition) is 5. The predicted molar refractivity (Wildman–Crippen MR) is 115 cm³/mol. The van der Waals surface area contributed by atoms with Gasteiger partial charge in [-0.25, -0.2) is 0 Å². The van der Waals surface area contributed by atoms with Crippen molar-refractivity contribution >= 4 is 39.0 Å². The largest absolute Gasteiger partial charge is 0.376 e. The Morgan fingerprint density at radius 3 is 2.89 bits per heavy atom. The van der Waals surface area contributed by atoms with Crippen LogP contribution in [-0.2, 0) is 22.6 Å². The fourth-order valence-corrected chi connectivity index (χ4v) is 5.09. The SMILES string of the molecule is Cc1c(C#N)c(NC(=O)CN(C)Cc2ccc(Br)s2)n(C[C@@H]2CCCO2)c1C. The topological polar surface area (TPSA) is 70.3 Å². The summed E-state index contributed by atoms with van der Waals surface area (Å²) in [6, 6.07) is 6.32. The number of halogens is 1. The molecule has 0 saturated carbocycles. The van der Waals surface area contributed by atoms with Gasteiger partial charge in [-0.2, -0.15) is 5.26 Å². The molecule has 0 aromatic carbocycles. The van der Waals surface area contributed by atoms with Gasteiger partial charge in [-0.1, -0.05) is 0 Å². The van der Waals surface area contributed by atoms with E-state index in [0.29, 0.717) is 24.5 Å². The lowest BCUT2D eigenvalue weighted by Crippen LogP contribution is -2.31. The molecule has 0 bridgehead atoms. The van der Waals surface area contributed by atoms with Crippen molar-refractivity contribution in [2.24, 2.45) is 0 Å². The van der Waals surface area contributed by atoms with Crippen LogP contribution in [0.1, 0.15) is 34.5 Å². The highest BCUT2D eigenvalue weighted by Crippen LogP contribution is 2.28. The first-order valence-electron chi connectivity index (χ1n) is 9.33. The zero-order valence-electron chi connectivity index (χ0n) is 16.4. The van der Waals surface area contributed by atoms with Crippen molar-refractivity contribution in [3.63, 3.8) is 0 Å². The van der Waals surface area contributed by atoms with E-state index < -0.39 is 0 Å². The number of carbonyl (C=O) groups excluding carboxylic acids is 1. The van der Waals surface area contributed by atoms with E-state index >= 15 is 0 Å². The first kappa shape index (κ1) is 21.1. The van der Waals surface area contributed by atoms with Gasteiger partial charge in [-0.05, 0) is 67.4 Å². The minimum absolute atomic E-state index is 0.124. The van der Waals surface area contributed by atoms with E-state index in [1.807, 2.05) is 36.4 Å². The van der Waals surface area contributed by atoms with Gasteiger partial charge in [-0.15, -0.1) is 11.3 Å². The lowest BCUT2D eigenvalue weighted by Gasteiger charge is -2.19. The van der Waals surface area contributed by atoms with E-state index in [1.54, 1.807) is 11.3 Å². The molecule has 1 atom stereocenters. The monoisotopic (exact) mass is 464 g/mol. The first-order chi connectivity index (χ1) is 13.4. The van der Waals surface area contributed by atoms with Crippen molar-refractivity contribution in [2.75, 3.05) is 25.5 Å². The van der Waals surface area contributed by atoms with Crippen molar-refractivity contribution in [1.82, 2.24) is 9.47 Å². The van der Waals surface area contributed by atoms with Crippen LogP contribution in [0.5, 0.6) is 0 Å². The van der Waals surface area contributed by atoms with Crippen LogP contribution in [0.25, 0.3) is 0 Å². The maximum absolute atomic E-state index is 12.7. The third-order valence-corrected chi connectivity index (χ3v) is 6.69. The minimum Gasteiger partial charge on any atom is -0.376 e. The second-order valence-corrected chi connectivity index (χ2v) is 9.77. The average molecular weight is 465 g/mol. The second-order valence-electron chi connectivity index (χ2n) is 7.22. The summed E-state index contributed by atoms with van der Waals surface area (Å²) < 4.78 is 8.87. The number of anilines is 1. The van der Waals surface area contributed by atoms with Gasteiger partial charge in [-0.3, -0.25) is 9.69 Å². The molecule has 1 saturated heterocycles. The average Bonchev–Trinajstić information content (AvgIpc) is 3.34. The summed E-state index contributed by atoms with van der Waals surface area (Å²) in [7, 11) is 1.92. The molecule has 1 N–H and O–H groups in total. The number of likely N-dealkylation sites (N-methyl/N-ethyl adjacent to an activating group) is 1. The lowest BCUT2D eigenvalue weighted by atomic mass is 10.2. The van der Waals surface area contributed by atoms with E-state index in [9.17, 15) is 10.1 Å². The van der Waals surface area contributed by atoms with Crippen molar-refractivity contribution in [1.29, 1.82) is 5.26 Å². The highest BCUT2D eigenvalue weighted by Gasteiger charge is 2.24. The van der Waals surface area contributed by atoms with Crippen LogP contribution >= 0.6 is 27.3 Å². The molecule has 0 unspecified atom stereocenters. The molecular formula is C20H25BrN4O2S. The third kappa shape index (κ3) is 4.84. The molecule has 1 fully saturated rings. The predicted octanol–water partition coefficient (Wildman–Crippen LogP) is 4.05. The number of nitrogens with one attached hydrogen (secondary N) is 1. The van der Waals surface area contributed by atoms with Crippen molar-refractivity contribution < 1.29 is 9.53 Å². The number of nitrogens with zero attached hydrogens (tertiary/aromatic N) is 3. The molecule has 1 aliphatic heterocycles. The third-order valence-electron chi connectivity index (χ3n) is 5.08. The first-order valence-corrected chi connectivity index (χ1v) is 10.9. The maximum Gasteiger partial charge on any atom is 0.239 e. The lowest BCUT2D eigenvalue weighted by molar-refractivity contribution is -0.117. The smallest absolute Gasteiger partial charge is 0.239 e. The van der Waals surface area contributed by atoms with Crippen molar-refractivity contribution in [3.8, 4) is 6.07 Å². The van der Waals surface area contributed by atoms with Crippen LogP contribution < -0.4 is 5.32 Å². The van der Waals surface area contributed by atoms with Crippen LogP contribution in [0.3, 0.4) is 0 Å². The molecule has 3 rings (SSSR count). The fraction of sp³-hybridized carbons (Fsp3) is 0.500. The van der Waals surface area contributed by atoms with E-state index in [0.717, 1.165) is 34.5 Å². The molecule has 8 heteroatoms. The summed E-state index contributed by atoms with van der Waals surface area (Å²) in [5, 5.41) is 12.6. The minimum atomic E-state index is -0.124. The molecule has 3 heterocycles. The Morgan fingerprint density at radius 2 is 2.29 bits per heavy atom. The van der Waals surface area contributed by atoms with E-state index in [2.05, 4.69) is 33.4 Å². The Hall–Kier alpha value is -1.66. The number of thiophene rings is 1. The van der Waals surface area contributed by atoms with Gasteiger partial charge >= 0.3 is 0 Å². The summed E-state index contributed by atoms with van der Waals surface area (Å²) in [6.07, 6.45) is 2.19. The van der Waals surface area contributed by atoms with Crippen LogP contribution in [0, 0.1) is 25.2 Å². The number of hydrogen-bond donors (Lipinski definition) is 1. The highest BCUT2D eigenvalue weighted by atomic mass is 79.9. The van der Waals surface area contributed by atoms with Gasteiger partial charge in [0.2, 0.25) is 5.91 Å². The molecule has 0 aliphatic carbocycles. The maximum atomic E-state index is 12.7. The number of nitriles is 1. The van der Waals surface area contributed by atoms with Gasteiger partial charge in [0.25, 0.3) is 0 Å². The molecule has 150 valence electrons. The Labute approximate surface area is 178 Å². The van der Waals surface area contributed by atoms with Crippen LogP contribution in [0.2, 0.25) is 0 Å². The molecule has 2 aromatic rings. The standard InChI is InChI=1S/C20H25BrN4O2S/c1-13-14(2)25(10-15-5-4-8-27-15)20(17(13)9-22)23-19(26)12-24(3)11-16-6-7-18(21)28-16/h6-7,15H,4-5,8,10-12H2,1-3H3,(H,23,26)/t15-/m0/s1. The Balaban J connectivity index is 1.71. The van der Waals surface area contributed by atoms with Crippen molar-refractivity contribution in [3.05, 3.63) is 37.6 Å². The highest BCUT2D eigenvalue weighted by molar-refractivity contribution is 9.11. The molecular weight excluding hydrogens is 440 g/mol. The summed E-state index contributed by atoms with van der Waals surface area (Å²) in [5.74, 6) is 0.464. The molecule has 1 aliphatic rings. The zero-order valence-corrected chi connectivity index (χ0v) is 18.8. The number of carbonyl (C=O) groups is 1. The molecule has 2 aromatic heterocycles. The molecule has 6 nitrogen and oxygen atoms in total. The fourth-order valence-electron chi connectivity index (χ4n) is 3.53. The normalized spacial score (nSPS) is 16.5. The number of ether oxygens (including phenoxy) is 1. The Kier molecular flexibility index (Phi) is 6.94. The van der Waals surface area contributed by atoms with Gasteiger partial charge < -0.3 is 14.6 Å². The van der Waals surface area contributed by atoms with E-state index in [4.69, 9.17) is 4.74 Å². The molecule has 0 radical (unpaired) electrons. The molecule has 0 spiro atoms. The number of aromatic nitrogens is 1. The summed E-state index contributed by atoms with van der Waals surface area (Å²) in [5.41, 5.74) is 2.44. The van der Waals surface area contributed by atoms with Gasteiger partial charge in [0, 0.05) is 23.7 Å². The number of rotatable bonds is 7. The molecule has 1 amide bonds. The van der Waals surface area contributed by atoms with Gasteiger partial charge in [0.1, 0.15) is 11.9 Å². The number of amides is 1. The van der Waals surface area contributed by atoms with Crippen LogP contribution in [-0.4, -0.2) is 41.7 Å². The Morgan fingerprint density at radius 1 is 1.50 bits per heavy atom. The Bertz CT molecular complexity index is 893. The summed E-state index contributed by atoms with van der Waals surface area (Å²) in [4.78, 5) is 15.8.